The molecule has 0 unspecified atom stereocenters. The minimum absolute atomic E-state index is 0.140. The molecule has 0 aliphatic carbocycles. The van der Waals surface area contributed by atoms with Crippen LogP contribution in [-0.4, -0.2) is 11.0 Å². The first kappa shape index (κ1) is 13.8. The summed E-state index contributed by atoms with van der Waals surface area (Å²) < 4.78 is 13.7. The number of phenols is 1. The summed E-state index contributed by atoms with van der Waals surface area (Å²) in [6.45, 7) is 0. The second kappa shape index (κ2) is 5.59. The summed E-state index contributed by atoms with van der Waals surface area (Å²) in [6, 6.07) is 8.00. The predicted molar refractivity (Wildman–Crippen MR) is 75.2 cm³/mol. The highest BCUT2D eigenvalue weighted by molar-refractivity contribution is 9.10. The lowest BCUT2D eigenvalue weighted by Gasteiger charge is -2.08. The molecule has 0 radical (unpaired) electrons. The number of anilines is 1. The largest absolute Gasteiger partial charge is 0.507 e. The Hall–Kier alpha value is -1.59. The molecule has 2 N–H and O–H groups in total. The van der Waals surface area contributed by atoms with E-state index in [-0.39, 0.29) is 11.3 Å². The maximum Gasteiger partial charge on any atom is 0.259 e. The van der Waals surface area contributed by atoms with Crippen LogP contribution in [0.4, 0.5) is 10.1 Å². The molecule has 0 heterocycles. The highest BCUT2D eigenvalue weighted by Crippen LogP contribution is 2.26. The summed E-state index contributed by atoms with van der Waals surface area (Å²) in [4.78, 5) is 11.9. The SMILES string of the molecule is O=C(Nc1ccc(Br)c(Cl)c1)c1cc(F)ccc1O. The van der Waals surface area contributed by atoms with Crippen LogP contribution in [0.25, 0.3) is 0 Å². The lowest BCUT2D eigenvalue weighted by Crippen LogP contribution is -2.12. The Balaban J connectivity index is 2.25. The van der Waals surface area contributed by atoms with Crippen molar-refractivity contribution in [1.29, 1.82) is 0 Å². The third-order valence-corrected chi connectivity index (χ3v) is 3.61. The Morgan fingerprint density at radius 3 is 2.68 bits per heavy atom. The second-order valence-electron chi connectivity index (χ2n) is 3.74. The van der Waals surface area contributed by atoms with Crippen LogP contribution in [0.1, 0.15) is 10.4 Å². The minimum Gasteiger partial charge on any atom is -0.507 e. The Morgan fingerprint density at radius 1 is 1.26 bits per heavy atom. The van der Waals surface area contributed by atoms with Crippen LogP contribution in [0.2, 0.25) is 5.02 Å². The van der Waals surface area contributed by atoms with Gasteiger partial charge in [0.05, 0.1) is 10.6 Å². The first-order chi connectivity index (χ1) is 8.97. The number of rotatable bonds is 2. The van der Waals surface area contributed by atoms with E-state index in [1.54, 1.807) is 18.2 Å². The number of benzene rings is 2. The molecular formula is C13H8BrClFNO2. The maximum atomic E-state index is 13.0. The van der Waals surface area contributed by atoms with Crippen LogP contribution in [0.5, 0.6) is 5.75 Å². The monoisotopic (exact) mass is 343 g/mol. The Labute approximate surface area is 122 Å². The minimum atomic E-state index is -0.615. The van der Waals surface area contributed by atoms with Gasteiger partial charge >= 0.3 is 0 Å². The van der Waals surface area contributed by atoms with Gasteiger partial charge in [0.25, 0.3) is 5.91 Å². The average Bonchev–Trinajstić information content (AvgIpc) is 2.36. The van der Waals surface area contributed by atoms with Crippen molar-refractivity contribution in [3.05, 3.63) is 57.3 Å². The van der Waals surface area contributed by atoms with E-state index in [2.05, 4.69) is 21.2 Å². The smallest absolute Gasteiger partial charge is 0.259 e. The van der Waals surface area contributed by atoms with E-state index in [0.29, 0.717) is 15.2 Å². The van der Waals surface area contributed by atoms with E-state index in [1.165, 1.54) is 0 Å². The number of nitrogens with one attached hydrogen (secondary N) is 1. The van der Waals surface area contributed by atoms with Crippen LogP contribution in [-0.2, 0) is 0 Å². The highest BCUT2D eigenvalue weighted by atomic mass is 79.9. The summed E-state index contributed by atoms with van der Waals surface area (Å²) in [5.41, 5.74) is 0.306. The zero-order valence-corrected chi connectivity index (χ0v) is 11.8. The van der Waals surface area contributed by atoms with Gasteiger partial charge in [-0.1, -0.05) is 11.6 Å². The van der Waals surface area contributed by atoms with Crippen molar-refractivity contribution in [1.82, 2.24) is 0 Å². The molecule has 0 saturated carbocycles. The quantitative estimate of drug-likeness (QED) is 0.858. The summed E-state index contributed by atoms with van der Waals surface area (Å²) >= 11 is 9.12. The lowest BCUT2D eigenvalue weighted by molar-refractivity contribution is 0.102. The number of aromatic hydroxyl groups is 1. The maximum absolute atomic E-state index is 13.0. The Bertz CT molecular complexity index is 649. The van der Waals surface area contributed by atoms with Gasteiger partial charge < -0.3 is 10.4 Å². The number of carbonyl (C=O) groups is 1. The number of hydrogen-bond donors (Lipinski definition) is 2. The third-order valence-electron chi connectivity index (χ3n) is 2.38. The van der Waals surface area contributed by atoms with Gasteiger partial charge in [-0.3, -0.25) is 4.79 Å². The van der Waals surface area contributed by atoms with E-state index >= 15 is 0 Å². The van der Waals surface area contributed by atoms with Gasteiger partial charge in [0.15, 0.2) is 0 Å². The van der Waals surface area contributed by atoms with Gasteiger partial charge in [-0.15, -0.1) is 0 Å². The Kier molecular flexibility index (Phi) is 4.07. The van der Waals surface area contributed by atoms with E-state index in [1.807, 2.05) is 0 Å². The van der Waals surface area contributed by atoms with E-state index < -0.39 is 11.7 Å². The Morgan fingerprint density at radius 2 is 2.00 bits per heavy atom. The molecule has 0 saturated heterocycles. The molecular weight excluding hydrogens is 337 g/mol. The third kappa shape index (κ3) is 3.24. The molecule has 0 aromatic heterocycles. The number of halogens is 3. The van der Waals surface area contributed by atoms with Crippen molar-refractivity contribution < 1.29 is 14.3 Å². The van der Waals surface area contributed by atoms with Crippen LogP contribution < -0.4 is 5.32 Å². The van der Waals surface area contributed by atoms with Crippen molar-refractivity contribution in [2.24, 2.45) is 0 Å². The molecule has 98 valence electrons. The van der Waals surface area contributed by atoms with Gasteiger partial charge in [-0.25, -0.2) is 4.39 Å². The number of carbonyl (C=O) groups excluding carboxylic acids is 1. The summed E-state index contributed by atoms with van der Waals surface area (Å²) in [5, 5.41) is 12.5. The summed E-state index contributed by atoms with van der Waals surface area (Å²) in [6.07, 6.45) is 0. The highest BCUT2D eigenvalue weighted by Gasteiger charge is 2.13. The van der Waals surface area contributed by atoms with Crippen LogP contribution in [0.15, 0.2) is 40.9 Å². The molecule has 2 rings (SSSR count). The van der Waals surface area contributed by atoms with E-state index in [0.717, 1.165) is 18.2 Å². The van der Waals surface area contributed by atoms with Gasteiger partial charge in [0.2, 0.25) is 0 Å². The molecule has 0 fully saturated rings. The fourth-order valence-corrected chi connectivity index (χ4v) is 1.89. The van der Waals surface area contributed by atoms with Gasteiger partial charge in [0, 0.05) is 10.2 Å². The molecule has 1 amide bonds. The summed E-state index contributed by atoms with van der Waals surface area (Å²) in [5.74, 6) is -1.51. The first-order valence-corrected chi connectivity index (χ1v) is 6.39. The molecule has 19 heavy (non-hydrogen) atoms. The molecule has 0 atom stereocenters. The fraction of sp³-hybridized carbons (Fsp3) is 0. The van der Waals surface area contributed by atoms with Gasteiger partial charge in [0.1, 0.15) is 11.6 Å². The van der Waals surface area contributed by atoms with Crippen molar-refractivity contribution >= 4 is 39.1 Å². The normalized spacial score (nSPS) is 10.3. The molecule has 0 aliphatic rings. The number of phenolic OH excluding ortho intramolecular Hbond substituents is 1. The fourth-order valence-electron chi connectivity index (χ4n) is 1.46. The van der Waals surface area contributed by atoms with Gasteiger partial charge in [-0.05, 0) is 52.3 Å². The number of hydrogen-bond acceptors (Lipinski definition) is 2. The molecule has 3 nitrogen and oxygen atoms in total. The van der Waals surface area contributed by atoms with Crippen molar-refractivity contribution in [2.45, 2.75) is 0 Å². The lowest BCUT2D eigenvalue weighted by atomic mass is 10.1. The van der Waals surface area contributed by atoms with Crippen LogP contribution in [0.3, 0.4) is 0 Å². The zero-order chi connectivity index (χ0) is 14.0. The molecule has 2 aromatic rings. The molecule has 0 aliphatic heterocycles. The first-order valence-electron chi connectivity index (χ1n) is 5.22. The van der Waals surface area contributed by atoms with Crippen molar-refractivity contribution in [2.75, 3.05) is 5.32 Å². The standard InChI is InChI=1S/C13H8BrClFNO2/c14-10-3-2-8(6-11(10)15)17-13(19)9-5-7(16)1-4-12(9)18/h1-6,18H,(H,17,19). The van der Waals surface area contributed by atoms with Crippen molar-refractivity contribution in [3.63, 3.8) is 0 Å². The second-order valence-corrected chi connectivity index (χ2v) is 5.01. The molecule has 0 spiro atoms. The van der Waals surface area contributed by atoms with Gasteiger partial charge in [-0.2, -0.15) is 0 Å². The van der Waals surface area contributed by atoms with Crippen LogP contribution >= 0.6 is 27.5 Å². The topological polar surface area (TPSA) is 49.3 Å². The summed E-state index contributed by atoms with van der Waals surface area (Å²) in [7, 11) is 0. The zero-order valence-electron chi connectivity index (χ0n) is 9.45. The average molecular weight is 345 g/mol. The predicted octanol–water partition coefficient (Wildman–Crippen LogP) is 4.20. The van der Waals surface area contributed by atoms with Crippen molar-refractivity contribution in [3.8, 4) is 5.75 Å². The van der Waals surface area contributed by atoms with Crippen LogP contribution in [0, 0.1) is 5.82 Å². The molecule has 2 aromatic carbocycles. The molecule has 0 bridgehead atoms. The number of amides is 1. The van der Waals surface area contributed by atoms with E-state index in [4.69, 9.17) is 11.6 Å². The molecule has 6 heteroatoms. The van der Waals surface area contributed by atoms with E-state index in [9.17, 15) is 14.3 Å².